The van der Waals surface area contributed by atoms with Crippen LogP contribution in [0.1, 0.15) is 11.1 Å². The van der Waals surface area contributed by atoms with Crippen LogP contribution in [0.2, 0.25) is 0 Å². The third-order valence-corrected chi connectivity index (χ3v) is 3.28. The van der Waals surface area contributed by atoms with Crippen molar-refractivity contribution in [3.05, 3.63) is 62.1 Å². The highest BCUT2D eigenvalue weighted by atomic mass is 79.9. The molecule has 0 saturated carbocycles. The lowest BCUT2D eigenvalue weighted by atomic mass is 10.2. The van der Waals surface area contributed by atoms with Crippen LogP contribution in [0.4, 0.5) is 5.69 Å². The second-order valence-electron chi connectivity index (χ2n) is 4.22. The molecule has 2 aromatic carbocycles. The molecule has 5 nitrogen and oxygen atoms in total. The minimum Gasteiger partial charge on any atom is -0.457 e. The molecule has 2 rings (SSSR count). The Hall–Kier alpha value is -1.92. The number of aliphatic hydroxyl groups excluding tert-OH is 1. The van der Waals surface area contributed by atoms with Crippen LogP contribution in [-0.2, 0) is 6.61 Å². The topological polar surface area (TPSA) is 72.6 Å². The van der Waals surface area contributed by atoms with Crippen LogP contribution >= 0.6 is 15.9 Å². The Morgan fingerprint density at radius 2 is 2.05 bits per heavy atom. The average molecular weight is 338 g/mol. The number of hydrogen-bond donors (Lipinski definition) is 1. The summed E-state index contributed by atoms with van der Waals surface area (Å²) in [4.78, 5) is 10.3. The first kappa shape index (κ1) is 14.5. The van der Waals surface area contributed by atoms with E-state index < -0.39 is 4.92 Å². The monoisotopic (exact) mass is 337 g/mol. The van der Waals surface area contributed by atoms with Crippen LogP contribution in [0.3, 0.4) is 0 Å². The number of nitro benzene ring substituents is 1. The first-order valence-corrected chi connectivity index (χ1v) is 6.62. The van der Waals surface area contributed by atoms with Gasteiger partial charge in [-0.2, -0.15) is 0 Å². The molecular formula is C14H12BrNO4. The van der Waals surface area contributed by atoms with Crippen molar-refractivity contribution in [3.8, 4) is 11.5 Å². The summed E-state index contributed by atoms with van der Waals surface area (Å²) in [5.41, 5.74) is 1.21. The molecule has 0 aliphatic rings. The SMILES string of the molecule is Cc1cc(Oc2ccc(Br)cc2CO)ccc1[N+](=O)[O-]. The number of rotatable bonds is 4. The lowest BCUT2D eigenvalue weighted by Gasteiger charge is -2.10. The first-order chi connectivity index (χ1) is 9.51. The van der Waals surface area contributed by atoms with Crippen molar-refractivity contribution in [2.24, 2.45) is 0 Å². The molecular weight excluding hydrogens is 326 g/mol. The minimum absolute atomic E-state index is 0.0514. The van der Waals surface area contributed by atoms with Crippen LogP contribution < -0.4 is 4.74 Å². The molecule has 0 saturated heterocycles. The molecule has 0 fully saturated rings. The molecule has 1 N–H and O–H groups in total. The van der Waals surface area contributed by atoms with Gasteiger partial charge in [-0.05, 0) is 37.3 Å². The lowest BCUT2D eigenvalue weighted by molar-refractivity contribution is -0.385. The quantitative estimate of drug-likeness (QED) is 0.677. The van der Waals surface area contributed by atoms with E-state index >= 15 is 0 Å². The normalized spacial score (nSPS) is 10.3. The highest BCUT2D eigenvalue weighted by Crippen LogP contribution is 2.30. The van der Waals surface area contributed by atoms with Crippen LogP contribution in [0.5, 0.6) is 11.5 Å². The van der Waals surface area contributed by atoms with Crippen LogP contribution in [0, 0.1) is 17.0 Å². The van der Waals surface area contributed by atoms with Crippen LogP contribution in [0.25, 0.3) is 0 Å². The van der Waals surface area contributed by atoms with Crippen molar-refractivity contribution in [2.75, 3.05) is 0 Å². The predicted octanol–water partition coefficient (Wildman–Crippen LogP) is 3.95. The standard InChI is InChI=1S/C14H12BrNO4/c1-9-6-12(3-4-13(9)16(18)19)20-14-5-2-11(15)7-10(14)8-17/h2-7,17H,8H2,1H3. The van der Waals surface area contributed by atoms with Gasteiger partial charge < -0.3 is 9.84 Å². The van der Waals surface area contributed by atoms with Crippen molar-refractivity contribution >= 4 is 21.6 Å². The van der Waals surface area contributed by atoms with Crippen molar-refractivity contribution in [3.63, 3.8) is 0 Å². The summed E-state index contributed by atoms with van der Waals surface area (Å²) in [6.07, 6.45) is 0. The van der Waals surface area contributed by atoms with E-state index in [4.69, 9.17) is 4.74 Å². The Bertz CT molecular complexity index is 658. The fourth-order valence-electron chi connectivity index (χ4n) is 1.79. The number of aliphatic hydroxyl groups is 1. The maximum atomic E-state index is 10.8. The largest absolute Gasteiger partial charge is 0.457 e. The van der Waals surface area contributed by atoms with Gasteiger partial charge in [-0.3, -0.25) is 10.1 Å². The number of hydrogen-bond acceptors (Lipinski definition) is 4. The summed E-state index contributed by atoms with van der Waals surface area (Å²) in [6, 6.07) is 9.82. The van der Waals surface area contributed by atoms with Gasteiger partial charge in [0.15, 0.2) is 0 Å². The molecule has 0 aliphatic heterocycles. The number of ether oxygens (including phenoxy) is 1. The zero-order chi connectivity index (χ0) is 14.7. The van der Waals surface area contributed by atoms with E-state index in [0.29, 0.717) is 22.6 Å². The van der Waals surface area contributed by atoms with Gasteiger partial charge in [0.25, 0.3) is 5.69 Å². The zero-order valence-corrected chi connectivity index (χ0v) is 12.3. The smallest absolute Gasteiger partial charge is 0.272 e. The van der Waals surface area contributed by atoms with Crippen molar-refractivity contribution < 1.29 is 14.8 Å². The van der Waals surface area contributed by atoms with Gasteiger partial charge in [-0.1, -0.05) is 15.9 Å². The molecule has 0 radical (unpaired) electrons. The summed E-state index contributed by atoms with van der Waals surface area (Å²) in [6.45, 7) is 1.50. The van der Waals surface area contributed by atoms with Gasteiger partial charge in [0, 0.05) is 21.7 Å². The zero-order valence-electron chi connectivity index (χ0n) is 10.7. The van der Waals surface area contributed by atoms with E-state index in [2.05, 4.69) is 15.9 Å². The fraction of sp³-hybridized carbons (Fsp3) is 0.143. The molecule has 0 aromatic heterocycles. The van der Waals surface area contributed by atoms with Gasteiger partial charge in [0.1, 0.15) is 11.5 Å². The summed E-state index contributed by atoms with van der Waals surface area (Å²) in [5.74, 6) is 1.01. The molecule has 6 heteroatoms. The van der Waals surface area contributed by atoms with Gasteiger partial charge in [0.2, 0.25) is 0 Å². The number of nitrogens with zero attached hydrogens (tertiary/aromatic N) is 1. The summed E-state index contributed by atoms with van der Waals surface area (Å²) in [5, 5.41) is 20.1. The van der Waals surface area contributed by atoms with E-state index in [9.17, 15) is 15.2 Å². The highest BCUT2D eigenvalue weighted by Gasteiger charge is 2.12. The van der Waals surface area contributed by atoms with Gasteiger partial charge in [0.05, 0.1) is 11.5 Å². The maximum absolute atomic E-state index is 10.8. The molecule has 104 valence electrons. The summed E-state index contributed by atoms with van der Waals surface area (Å²) < 4.78 is 6.51. The van der Waals surface area contributed by atoms with Crippen molar-refractivity contribution in [1.29, 1.82) is 0 Å². The van der Waals surface area contributed by atoms with Crippen molar-refractivity contribution in [1.82, 2.24) is 0 Å². The van der Waals surface area contributed by atoms with Crippen LogP contribution in [-0.4, -0.2) is 10.0 Å². The molecule has 0 amide bonds. The molecule has 0 aliphatic carbocycles. The number of aryl methyl sites for hydroxylation is 1. The number of halogens is 1. The summed E-state index contributed by atoms with van der Waals surface area (Å²) in [7, 11) is 0. The highest BCUT2D eigenvalue weighted by molar-refractivity contribution is 9.10. The van der Waals surface area contributed by atoms with Gasteiger partial charge in [-0.15, -0.1) is 0 Å². The molecule has 0 unspecified atom stereocenters. The van der Waals surface area contributed by atoms with Crippen molar-refractivity contribution in [2.45, 2.75) is 13.5 Å². The average Bonchev–Trinajstić information content (AvgIpc) is 2.40. The summed E-state index contributed by atoms with van der Waals surface area (Å²) >= 11 is 3.32. The van der Waals surface area contributed by atoms with E-state index in [1.807, 2.05) is 0 Å². The Balaban J connectivity index is 2.31. The van der Waals surface area contributed by atoms with Gasteiger partial charge in [-0.25, -0.2) is 0 Å². The Morgan fingerprint density at radius 1 is 1.30 bits per heavy atom. The van der Waals surface area contributed by atoms with E-state index in [1.54, 1.807) is 31.2 Å². The lowest BCUT2D eigenvalue weighted by Crippen LogP contribution is -1.94. The van der Waals surface area contributed by atoms with Crippen LogP contribution in [0.15, 0.2) is 40.9 Å². The first-order valence-electron chi connectivity index (χ1n) is 5.83. The minimum atomic E-state index is -0.433. The fourth-order valence-corrected chi connectivity index (χ4v) is 2.20. The Kier molecular flexibility index (Phi) is 4.36. The molecule has 2 aromatic rings. The molecule has 0 atom stereocenters. The second-order valence-corrected chi connectivity index (χ2v) is 5.13. The second kappa shape index (κ2) is 6.02. The molecule has 0 heterocycles. The third kappa shape index (κ3) is 3.15. The van der Waals surface area contributed by atoms with E-state index in [-0.39, 0.29) is 12.3 Å². The Labute approximate surface area is 124 Å². The number of benzene rings is 2. The molecule has 0 bridgehead atoms. The van der Waals surface area contributed by atoms with E-state index in [0.717, 1.165) is 4.47 Å². The predicted molar refractivity (Wildman–Crippen MR) is 78.0 cm³/mol. The molecule has 20 heavy (non-hydrogen) atoms. The van der Waals surface area contributed by atoms with E-state index in [1.165, 1.54) is 12.1 Å². The number of nitro groups is 1. The van der Waals surface area contributed by atoms with Gasteiger partial charge >= 0.3 is 0 Å². The molecule has 0 spiro atoms. The Morgan fingerprint density at radius 3 is 2.65 bits per heavy atom. The third-order valence-electron chi connectivity index (χ3n) is 2.79. The maximum Gasteiger partial charge on any atom is 0.272 e.